The molecule has 0 unspecified atom stereocenters. The van der Waals surface area contributed by atoms with Crippen molar-refractivity contribution in [3.05, 3.63) is 34.4 Å². The summed E-state index contributed by atoms with van der Waals surface area (Å²) in [5.41, 5.74) is 4.17. The lowest BCUT2D eigenvalue weighted by molar-refractivity contribution is -0.384. The lowest BCUT2D eigenvalue weighted by atomic mass is 10.2. The van der Waals surface area contributed by atoms with Gasteiger partial charge < -0.3 is 4.74 Å². The van der Waals surface area contributed by atoms with Gasteiger partial charge in [-0.25, -0.2) is 0 Å². The molecule has 7 nitrogen and oxygen atoms in total. The number of benzene rings is 1. The Kier molecular flexibility index (Phi) is 5.46. The molecular weight excluding hydrogens is 250 g/mol. The number of carbonyl (C=O) groups excluding carboxylic acids is 1. The number of ether oxygens (including phenoxy) is 1. The van der Waals surface area contributed by atoms with Gasteiger partial charge in [-0.15, -0.1) is 0 Å². The minimum absolute atomic E-state index is 0.0249. The number of methoxy groups -OCH3 is 1. The first-order chi connectivity index (χ1) is 9.02. The second kappa shape index (κ2) is 7.10. The minimum Gasteiger partial charge on any atom is -0.469 e. The Balaban J connectivity index is 2.50. The van der Waals surface area contributed by atoms with Crippen LogP contribution in [0.4, 0.5) is 11.4 Å². The molecule has 1 rings (SSSR count). The molecule has 102 valence electrons. The zero-order chi connectivity index (χ0) is 14.3. The molecule has 0 atom stereocenters. The number of nitrogens with one attached hydrogen (secondary N) is 1. The van der Waals surface area contributed by atoms with Gasteiger partial charge in [-0.05, 0) is 25.5 Å². The molecule has 1 aromatic rings. The lowest BCUT2D eigenvalue weighted by Gasteiger charge is -2.03. The first-order valence-electron chi connectivity index (χ1n) is 5.63. The van der Waals surface area contributed by atoms with Gasteiger partial charge in [0.05, 0.1) is 24.1 Å². The smallest absolute Gasteiger partial charge is 0.305 e. The van der Waals surface area contributed by atoms with Crippen molar-refractivity contribution in [1.29, 1.82) is 0 Å². The van der Waals surface area contributed by atoms with Crippen molar-refractivity contribution in [1.82, 2.24) is 0 Å². The molecule has 0 amide bonds. The van der Waals surface area contributed by atoms with E-state index in [0.717, 1.165) is 5.71 Å². The number of nitro benzene ring substituents is 1. The quantitative estimate of drug-likeness (QED) is 0.368. The summed E-state index contributed by atoms with van der Waals surface area (Å²) in [7, 11) is 1.34. The molecule has 0 aliphatic heterocycles. The highest BCUT2D eigenvalue weighted by Crippen LogP contribution is 2.15. The number of esters is 1. The number of carbonyl (C=O) groups is 1. The van der Waals surface area contributed by atoms with Gasteiger partial charge in [0.2, 0.25) is 0 Å². The largest absolute Gasteiger partial charge is 0.469 e. The van der Waals surface area contributed by atoms with Gasteiger partial charge in [-0.3, -0.25) is 20.3 Å². The summed E-state index contributed by atoms with van der Waals surface area (Å²) in [6, 6.07) is 5.91. The average Bonchev–Trinajstić information content (AvgIpc) is 2.42. The maximum Gasteiger partial charge on any atom is 0.305 e. The predicted molar refractivity (Wildman–Crippen MR) is 71.1 cm³/mol. The number of nitro groups is 1. The third-order valence-corrected chi connectivity index (χ3v) is 2.37. The van der Waals surface area contributed by atoms with E-state index in [0.29, 0.717) is 12.1 Å². The SMILES string of the molecule is COC(=O)CC/C(C)=N\Nc1ccc([N+](=O)[O-])cc1. The topological polar surface area (TPSA) is 93.8 Å². The van der Waals surface area contributed by atoms with Gasteiger partial charge in [0.1, 0.15) is 0 Å². The maximum absolute atomic E-state index is 10.9. The van der Waals surface area contributed by atoms with E-state index in [1.165, 1.54) is 19.2 Å². The van der Waals surface area contributed by atoms with Crippen LogP contribution >= 0.6 is 0 Å². The number of nitrogens with zero attached hydrogens (tertiary/aromatic N) is 2. The van der Waals surface area contributed by atoms with Gasteiger partial charge in [0.15, 0.2) is 0 Å². The van der Waals surface area contributed by atoms with E-state index in [9.17, 15) is 14.9 Å². The van der Waals surface area contributed by atoms with E-state index >= 15 is 0 Å². The molecule has 0 radical (unpaired) electrons. The molecule has 0 saturated carbocycles. The summed E-state index contributed by atoms with van der Waals surface area (Å²) in [5.74, 6) is -0.287. The third-order valence-electron chi connectivity index (χ3n) is 2.37. The van der Waals surface area contributed by atoms with Crippen LogP contribution in [0.1, 0.15) is 19.8 Å². The molecular formula is C12H15N3O4. The molecule has 0 aliphatic carbocycles. The summed E-state index contributed by atoms with van der Waals surface area (Å²) >= 11 is 0. The number of hydrazone groups is 1. The van der Waals surface area contributed by atoms with Crippen LogP contribution < -0.4 is 5.43 Å². The highest BCUT2D eigenvalue weighted by molar-refractivity contribution is 5.86. The molecule has 0 bridgehead atoms. The summed E-state index contributed by atoms with van der Waals surface area (Å²) in [5, 5.41) is 14.5. The van der Waals surface area contributed by atoms with Crippen molar-refractivity contribution in [3.8, 4) is 0 Å². The normalized spacial score (nSPS) is 10.9. The number of hydrogen-bond donors (Lipinski definition) is 1. The highest BCUT2D eigenvalue weighted by atomic mass is 16.6. The van der Waals surface area contributed by atoms with Crippen molar-refractivity contribution in [2.24, 2.45) is 5.10 Å². The Morgan fingerprint density at radius 3 is 2.53 bits per heavy atom. The van der Waals surface area contributed by atoms with E-state index in [2.05, 4.69) is 15.3 Å². The average molecular weight is 265 g/mol. The fourth-order valence-electron chi connectivity index (χ4n) is 1.26. The first kappa shape index (κ1) is 14.6. The Hall–Kier alpha value is -2.44. The van der Waals surface area contributed by atoms with Crippen LogP contribution in [0.2, 0.25) is 0 Å². The van der Waals surface area contributed by atoms with Crippen molar-refractivity contribution in [2.75, 3.05) is 12.5 Å². The molecule has 1 aromatic carbocycles. The second-order valence-electron chi connectivity index (χ2n) is 3.84. The Labute approximate surface area is 110 Å². The van der Waals surface area contributed by atoms with Crippen molar-refractivity contribution >= 4 is 23.1 Å². The molecule has 0 saturated heterocycles. The predicted octanol–water partition coefficient (Wildman–Crippen LogP) is 2.34. The van der Waals surface area contributed by atoms with Crippen LogP contribution in [0, 0.1) is 10.1 Å². The van der Waals surface area contributed by atoms with Crippen LogP contribution in [0.5, 0.6) is 0 Å². The molecule has 0 fully saturated rings. The van der Waals surface area contributed by atoms with Crippen molar-refractivity contribution in [2.45, 2.75) is 19.8 Å². The summed E-state index contributed by atoms with van der Waals surface area (Å²) in [6.45, 7) is 1.78. The lowest BCUT2D eigenvalue weighted by Crippen LogP contribution is -2.04. The number of non-ortho nitro benzene ring substituents is 1. The van der Waals surface area contributed by atoms with E-state index in [4.69, 9.17) is 0 Å². The standard InChI is InChI=1S/C12H15N3O4/c1-9(3-8-12(16)19-2)13-14-10-4-6-11(7-5-10)15(17)18/h4-7,14H,3,8H2,1-2H3/b13-9-. The molecule has 0 aromatic heterocycles. The van der Waals surface area contributed by atoms with Crippen LogP contribution in [0.15, 0.2) is 29.4 Å². The summed E-state index contributed by atoms with van der Waals surface area (Å²) in [4.78, 5) is 20.9. The molecule has 1 N–H and O–H groups in total. The maximum atomic E-state index is 10.9. The monoisotopic (exact) mass is 265 g/mol. The number of hydrogen-bond acceptors (Lipinski definition) is 6. The van der Waals surface area contributed by atoms with E-state index < -0.39 is 4.92 Å². The minimum atomic E-state index is -0.464. The van der Waals surface area contributed by atoms with Crippen LogP contribution in [-0.4, -0.2) is 23.7 Å². The van der Waals surface area contributed by atoms with Crippen LogP contribution in [0.25, 0.3) is 0 Å². The zero-order valence-electron chi connectivity index (χ0n) is 10.8. The van der Waals surface area contributed by atoms with Gasteiger partial charge >= 0.3 is 5.97 Å². The molecule has 7 heteroatoms. The number of rotatable bonds is 6. The summed E-state index contributed by atoms with van der Waals surface area (Å²) in [6.07, 6.45) is 0.764. The van der Waals surface area contributed by atoms with E-state index in [-0.39, 0.29) is 18.1 Å². The molecule has 0 aliphatic rings. The summed E-state index contributed by atoms with van der Waals surface area (Å²) < 4.78 is 4.52. The van der Waals surface area contributed by atoms with Gasteiger partial charge in [-0.2, -0.15) is 5.10 Å². The fourth-order valence-corrected chi connectivity index (χ4v) is 1.26. The Morgan fingerprint density at radius 1 is 1.37 bits per heavy atom. The van der Waals surface area contributed by atoms with Crippen molar-refractivity contribution < 1.29 is 14.5 Å². The van der Waals surface area contributed by atoms with Gasteiger partial charge in [0, 0.05) is 17.8 Å². The zero-order valence-corrected chi connectivity index (χ0v) is 10.8. The van der Waals surface area contributed by atoms with Gasteiger partial charge in [-0.1, -0.05) is 0 Å². The highest BCUT2D eigenvalue weighted by Gasteiger charge is 2.04. The second-order valence-corrected chi connectivity index (χ2v) is 3.84. The Morgan fingerprint density at radius 2 is 2.00 bits per heavy atom. The first-order valence-corrected chi connectivity index (χ1v) is 5.63. The van der Waals surface area contributed by atoms with Crippen LogP contribution in [-0.2, 0) is 9.53 Å². The molecule has 0 spiro atoms. The van der Waals surface area contributed by atoms with E-state index in [1.54, 1.807) is 19.1 Å². The van der Waals surface area contributed by atoms with Crippen LogP contribution in [0.3, 0.4) is 0 Å². The molecule has 19 heavy (non-hydrogen) atoms. The number of anilines is 1. The van der Waals surface area contributed by atoms with E-state index in [1.807, 2.05) is 0 Å². The van der Waals surface area contributed by atoms with Crippen molar-refractivity contribution in [3.63, 3.8) is 0 Å². The molecule has 0 heterocycles. The van der Waals surface area contributed by atoms with Gasteiger partial charge in [0.25, 0.3) is 5.69 Å². The Bertz CT molecular complexity index is 482. The fraction of sp³-hybridized carbons (Fsp3) is 0.333. The third kappa shape index (κ3) is 5.15.